The van der Waals surface area contributed by atoms with Crippen LogP contribution in [0.15, 0.2) is 59.1 Å². The highest BCUT2D eigenvalue weighted by Gasteiger charge is 2.23. The maximum atomic E-state index is 12.6. The highest BCUT2D eigenvalue weighted by atomic mass is 79.9. The van der Waals surface area contributed by atoms with Gasteiger partial charge in [0.2, 0.25) is 0 Å². The number of hydrogen-bond acceptors (Lipinski definition) is 3. The van der Waals surface area contributed by atoms with E-state index < -0.39 is 5.92 Å². The third-order valence-electron chi connectivity index (χ3n) is 3.26. The van der Waals surface area contributed by atoms with Crippen LogP contribution in [0.3, 0.4) is 0 Å². The number of benzene rings is 2. The van der Waals surface area contributed by atoms with Gasteiger partial charge >= 0.3 is 0 Å². The molecule has 0 aliphatic heterocycles. The zero-order chi connectivity index (χ0) is 14.8. The molecule has 4 heteroatoms. The first-order valence-corrected chi connectivity index (χ1v) is 7.98. The van der Waals surface area contributed by atoms with Crippen LogP contribution in [0.5, 0.6) is 0 Å². The molecular formula is C17H10BrNOS. The molecule has 0 spiro atoms. The monoisotopic (exact) mass is 355 g/mol. The van der Waals surface area contributed by atoms with E-state index in [1.165, 1.54) is 11.3 Å². The van der Waals surface area contributed by atoms with Crippen molar-refractivity contribution in [2.24, 2.45) is 0 Å². The summed E-state index contributed by atoms with van der Waals surface area (Å²) in [7, 11) is 0. The SMILES string of the molecule is N#CC(C(=O)c1cc2ccccc2s1)c1ccc(Br)cc1. The van der Waals surface area contributed by atoms with E-state index >= 15 is 0 Å². The van der Waals surface area contributed by atoms with Crippen LogP contribution in [0.1, 0.15) is 21.2 Å². The smallest absolute Gasteiger partial charge is 0.194 e. The van der Waals surface area contributed by atoms with Crippen molar-refractivity contribution in [2.75, 3.05) is 0 Å². The number of nitriles is 1. The van der Waals surface area contributed by atoms with E-state index in [1.807, 2.05) is 54.6 Å². The van der Waals surface area contributed by atoms with Gasteiger partial charge in [-0.05, 0) is 35.2 Å². The number of Topliss-reactive ketones (excluding diaryl/α,β-unsaturated/α-hetero) is 1. The van der Waals surface area contributed by atoms with Crippen LogP contribution in [0.4, 0.5) is 0 Å². The molecule has 0 aliphatic rings. The van der Waals surface area contributed by atoms with Crippen molar-refractivity contribution in [3.05, 3.63) is 69.5 Å². The van der Waals surface area contributed by atoms with Crippen molar-refractivity contribution in [2.45, 2.75) is 5.92 Å². The van der Waals surface area contributed by atoms with Gasteiger partial charge in [0.15, 0.2) is 5.78 Å². The Balaban J connectivity index is 1.99. The third-order valence-corrected chi connectivity index (χ3v) is 4.92. The van der Waals surface area contributed by atoms with E-state index in [-0.39, 0.29) is 5.78 Å². The Morgan fingerprint density at radius 2 is 1.86 bits per heavy atom. The number of halogens is 1. The maximum absolute atomic E-state index is 12.6. The number of thiophene rings is 1. The topological polar surface area (TPSA) is 40.9 Å². The second-order valence-corrected chi connectivity index (χ2v) is 6.63. The van der Waals surface area contributed by atoms with Crippen molar-refractivity contribution in [3.63, 3.8) is 0 Å². The van der Waals surface area contributed by atoms with E-state index in [9.17, 15) is 10.1 Å². The van der Waals surface area contributed by atoms with Gasteiger partial charge < -0.3 is 0 Å². The standard InChI is InChI=1S/C17H10BrNOS/c18-13-7-5-11(6-8-13)14(10-19)17(20)16-9-12-3-1-2-4-15(12)21-16/h1-9,14H. The number of rotatable bonds is 3. The molecule has 1 atom stereocenters. The normalized spacial score (nSPS) is 12.0. The molecule has 1 heterocycles. The van der Waals surface area contributed by atoms with Crippen LogP contribution in [0.2, 0.25) is 0 Å². The summed E-state index contributed by atoms with van der Waals surface area (Å²) in [5.41, 5.74) is 0.725. The first-order chi connectivity index (χ1) is 10.2. The number of fused-ring (bicyclic) bond motifs is 1. The molecule has 0 N–H and O–H groups in total. The highest BCUT2D eigenvalue weighted by molar-refractivity contribution is 9.10. The lowest BCUT2D eigenvalue weighted by atomic mass is 9.95. The van der Waals surface area contributed by atoms with Gasteiger partial charge in [0.1, 0.15) is 5.92 Å². The number of hydrogen-bond donors (Lipinski definition) is 0. The van der Waals surface area contributed by atoms with Gasteiger partial charge in [0, 0.05) is 9.17 Å². The summed E-state index contributed by atoms with van der Waals surface area (Å²) < 4.78 is 1.99. The van der Waals surface area contributed by atoms with Gasteiger partial charge in [-0.2, -0.15) is 5.26 Å². The Morgan fingerprint density at radius 3 is 2.52 bits per heavy atom. The van der Waals surface area contributed by atoms with Crippen LogP contribution < -0.4 is 0 Å². The second kappa shape index (κ2) is 5.80. The van der Waals surface area contributed by atoms with E-state index in [1.54, 1.807) is 0 Å². The summed E-state index contributed by atoms with van der Waals surface area (Å²) in [4.78, 5) is 13.2. The van der Waals surface area contributed by atoms with Gasteiger partial charge in [-0.25, -0.2) is 0 Å². The average molecular weight is 356 g/mol. The summed E-state index contributed by atoms with van der Waals surface area (Å²) in [6, 6.07) is 19.1. The molecule has 0 saturated heterocycles. The summed E-state index contributed by atoms with van der Waals surface area (Å²) in [5, 5.41) is 10.4. The van der Waals surface area contributed by atoms with Gasteiger partial charge in [-0.1, -0.05) is 46.3 Å². The Labute approximate surface area is 134 Å². The zero-order valence-corrected chi connectivity index (χ0v) is 13.3. The van der Waals surface area contributed by atoms with Crippen molar-refractivity contribution >= 4 is 43.1 Å². The number of carbonyl (C=O) groups is 1. The van der Waals surface area contributed by atoms with Crippen molar-refractivity contribution in [1.82, 2.24) is 0 Å². The molecule has 0 fully saturated rings. The maximum Gasteiger partial charge on any atom is 0.194 e. The number of carbonyl (C=O) groups excluding carboxylic acids is 1. The van der Waals surface area contributed by atoms with Crippen molar-refractivity contribution in [3.8, 4) is 6.07 Å². The van der Waals surface area contributed by atoms with Crippen LogP contribution in [-0.2, 0) is 0 Å². The van der Waals surface area contributed by atoms with Crippen LogP contribution in [0.25, 0.3) is 10.1 Å². The quantitative estimate of drug-likeness (QED) is 0.609. The summed E-state index contributed by atoms with van der Waals surface area (Å²) in [6.07, 6.45) is 0. The minimum absolute atomic E-state index is 0.138. The fourth-order valence-corrected chi connectivity index (χ4v) is 3.48. The molecule has 0 amide bonds. The second-order valence-electron chi connectivity index (χ2n) is 4.63. The molecule has 21 heavy (non-hydrogen) atoms. The summed E-state index contributed by atoms with van der Waals surface area (Å²) in [6.45, 7) is 0. The molecule has 102 valence electrons. The Morgan fingerprint density at radius 1 is 1.14 bits per heavy atom. The van der Waals surface area contributed by atoms with Gasteiger partial charge in [0.25, 0.3) is 0 Å². The van der Waals surface area contributed by atoms with Crippen LogP contribution >= 0.6 is 27.3 Å². The molecule has 0 aliphatic carbocycles. The fourth-order valence-electron chi connectivity index (χ4n) is 2.19. The molecule has 0 saturated carbocycles. The molecule has 1 unspecified atom stereocenters. The summed E-state index contributed by atoms with van der Waals surface area (Å²) in [5.74, 6) is -0.896. The van der Waals surface area contributed by atoms with Gasteiger partial charge in [0.05, 0.1) is 10.9 Å². The molecule has 0 radical (unpaired) electrons. The first-order valence-electron chi connectivity index (χ1n) is 6.37. The van der Waals surface area contributed by atoms with E-state index in [0.29, 0.717) is 4.88 Å². The van der Waals surface area contributed by atoms with Gasteiger partial charge in [-0.15, -0.1) is 11.3 Å². The lowest BCUT2D eigenvalue weighted by Crippen LogP contribution is -2.09. The summed E-state index contributed by atoms with van der Waals surface area (Å²) >= 11 is 4.79. The molecule has 3 rings (SSSR count). The van der Waals surface area contributed by atoms with Crippen LogP contribution in [-0.4, -0.2) is 5.78 Å². The first kappa shape index (κ1) is 14.0. The third kappa shape index (κ3) is 2.76. The predicted octanol–water partition coefficient (Wildman–Crippen LogP) is 5.15. The Kier molecular flexibility index (Phi) is 3.87. The van der Waals surface area contributed by atoms with Crippen molar-refractivity contribution < 1.29 is 4.79 Å². The molecule has 2 nitrogen and oxygen atoms in total. The number of nitrogens with zero attached hydrogens (tertiary/aromatic N) is 1. The molecule has 0 bridgehead atoms. The predicted molar refractivity (Wildman–Crippen MR) is 88.7 cm³/mol. The lowest BCUT2D eigenvalue weighted by Gasteiger charge is -2.07. The Bertz CT molecular complexity index is 812. The number of ketones is 1. The van der Waals surface area contributed by atoms with E-state index in [4.69, 9.17) is 0 Å². The molecule has 1 aromatic heterocycles. The van der Waals surface area contributed by atoms with Crippen LogP contribution in [0, 0.1) is 11.3 Å². The van der Waals surface area contributed by atoms with Crippen molar-refractivity contribution in [1.29, 1.82) is 5.26 Å². The minimum atomic E-state index is -0.758. The fraction of sp³-hybridized carbons (Fsp3) is 0.0588. The minimum Gasteiger partial charge on any atom is -0.291 e. The zero-order valence-electron chi connectivity index (χ0n) is 10.9. The lowest BCUT2D eigenvalue weighted by molar-refractivity contribution is 0.0983. The van der Waals surface area contributed by atoms with E-state index in [0.717, 1.165) is 20.1 Å². The largest absolute Gasteiger partial charge is 0.291 e. The molecule has 3 aromatic rings. The highest BCUT2D eigenvalue weighted by Crippen LogP contribution is 2.30. The van der Waals surface area contributed by atoms with Gasteiger partial charge in [-0.3, -0.25) is 4.79 Å². The molecule has 2 aromatic carbocycles. The van der Waals surface area contributed by atoms with E-state index in [2.05, 4.69) is 22.0 Å². The molecular weight excluding hydrogens is 346 g/mol. The average Bonchev–Trinajstić information content (AvgIpc) is 2.93. The Hall–Kier alpha value is -1.96.